The number of carbonyl (C=O) groups excluding carboxylic acids is 1. The second-order valence-corrected chi connectivity index (χ2v) is 6.78. The van der Waals surface area contributed by atoms with Crippen LogP contribution < -0.4 is 11.1 Å². The molecule has 2 rings (SSSR count). The van der Waals surface area contributed by atoms with Crippen molar-refractivity contribution in [2.75, 3.05) is 6.54 Å². The van der Waals surface area contributed by atoms with Gasteiger partial charge in [0, 0.05) is 13.0 Å². The van der Waals surface area contributed by atoms with Crippen LogP contribution in [0, 0.1) is 0 Å². The Hall–Kier alpha value is -0.880. The monoisotopic (exact) mass is 391 g/mol. The van der Waals surface area contributed by atoms with Crippen molar-refractivity contribution in [2.45, 2.75) is 51.5 Å². The van der Waals surface area contributed by atoms with E-state index in [-0.39, 0.29) is 36.3 Å². The van der Waals surface area contributed by atoms with E-state index in [1.807, 2.05) is 18.2 Å². The van der Waals surface area contributed by atoms with E-state index < -0.39 is 0 Å². The van der Waals surface area contributed by atoms with Crippen LogP contribution in [0.2, 0.25) is 0 Å². The van der Waals surface area contributed by atoms with E-state index in [1.165, 1.54) is 4.70 Å². The molecule has 0 spiro atoms. The molecule has 0 aliphatic heterocycles. The summed E-state index contributed by atoms with van der Waals surface area (Å²) >= 11 is 1.71. The minimum Gasteiger partial charge on any atom is -0.349 e. The number of rotatable bonds is 8. The molecule has 0 saturated heterocycles. The molecule has 24 heavy (non-hydrogen) atoms. The molecule has 1 amide bonds. The van der Waals surface area contributed by atoms with Gasteiger partial charge in [-0.3, -0.25) is 4.79 Å². The molecule has 0 fully saturated rings. The van der Waals surface area contributed by atoms with Crippen molar-refractivity contribution in [1.82, 2.24) is 10.3 Å². The summed E-state index contributed by atoms with van der Waals surface area (Å²) in [6, 6.07) is 8.14. The molecular weight excluding hydrogens is 365 g/mol. The van der Waals surface area contributed by atoms with Crippen molar-refractivity contribution in [1.29, 1.82) is 0 Å². The number of para-hydroxylation sites is 1. The Morgan fingerprint density at radius 2 is 1.92 bits per heavy atom. The number of halogens is 2. The second kappa shape index (κ2) is 10.9. The Morgan fingerprint density at radius 3 is 2.50 bits per heavy atom. The Bertz CT molecular complexity index is 588. The number of nitrogens with zero attached hydrogens (tertiary/aromatic N) is 1. The number of aromatic nitrogens is 1. The fraction of sp³-hybridized carbons (Fsp3) is 0.529. The molecule has 0 aliphatic rings. The maximum atomic E-state index is 12.1. The highest BCUT2D eigenvalue weighted by molar-refractivity contribution is 7.18. The smallest absolute Gasteiger partial charge is 0.220 e. The maximum Gasteiger partial charge on any atom is 0.220 e. The SMILES string of the molecule is CCC(CC)(CN)NC(=O)CCCc1nc2ccccc2s1.Cl.Cl. The van der Waals surface area contributed by atoms with Gasteiger partial charge in [-0.1, -0.05) is 26.0 Å². The molecule has 0 saturated carbocycles. The van der Waals surface area contributed by atoms with Gasteiger partial charge in [-0.2, -0.15) is 0 Å². The number of benzene rings is 1. The Balaban J connectivity index is 0.00000264. The van der Waals surface area contributed by atoms with Crippen molar-refractivity contribution in [3.63, 3.8) is 0 Å². The second-order valence-electron chi connectivity index (χ2n) is 5.67. The molecule has 1 heterocycles. The van der Waals surface area contributed by atoms with Gasteiger partial charge in [-0.05, 0) is 37.8 Å². The number of aryl methyl sites for hydroxylation is 1. The zero-order valence-corrected chi connectivity index (χ0v) is 16.7. The van der Waals surface area contributed by atoms with Gasteiger partial charge < -0.3 is 11.1 Å². The zero-order chi connectivity index (χ0) is 16.0. The average molecular weight is 392 g/mol. The Kier molecular flexibility index (Phi) is 10.5. The van der Waals surface area contributed by atoms with Crippen molar-refractivity contribution in [3.05, 3.63) is 29.3 Å². The lowest BCUT2D eigenvalue weighted by Gasteiger charge is -2.31. The van der Waals surface area contributed by atoms with Gasteiger partial charge in [0.05, 0.1) is 20.8 Å². The average Bonchev–Trinajstić information content (AvgIpc) is 2.95. The summed E-state index contributed by atoms with van der Waals surface area (Å²) in [4.78, 5) is 16.7. The van der Waals surface area contributed by atoms with E-state index in [2.05, 4.69) is 30.2 Å². The lowest BCUT2D eigenvalue weighted by molar-refractivity contribution is -0.123. The van der Waals surface area contributed by atoms with Crippen LogP contribution in [0.4, 0.5) is 0 Å². The quantitative estimate of drug-likeness (QED) is 0.711. The van der Waals surface area contributed by atoms with Gasteiger partial charge in [0.1, 0.15) is 0 Å². The summed E-state index contributed by atoms with van der Waals surface area (Å²) in [6.45, 7) is 4.62. The number of thiazole rings is 1. The van der Waals surface area contributed by atoms with E-state index in [1.54, 1.807) is 11.3 Å². The van der Waals surface area contributed by atoms with Crippen molar-refractivity contribution in [2.24, 2.45) is 5.73 Å². The Morgan fingerprint density at radius 1 is 1.25 bits per heavy atom. The number of amides is 1. The molecule has 1 aromatic heterocycles. The largest absolute Gasteiger partial charge is 0.349 e. The highest BCUT2D eigenvalue weighted by Crippen LogP contribution is 2.22. The summed E-state index contributed by atoms with van der Waals surface area (Å²) in [5, 5.41) is 4.21. The molecule has 0 radical (unpaired) electrons. The maximum absolute atomic E-state index is 12.1. The van der Waals surface area contributed by atoms with Gasteiger partial charge in [0.25, 0.3) is 0 Å². The third kappa shape index (κ3) is 5.88. The van der Waals surface area contributed by atoms with Gasteiger partial charge in [0.15, 0.2) is 0 Å². The zero-order valence-electron chi connectivity index (χ0n) is 14.2. The highest BCUT2D eigenvalue weighted by atomic mass is 35.5. The minimum atomic E-state index is -0.243. The predicted molar refractivity (Wildman–Crippen MR) is 108 cm³/mol. The number of nitrogens with two attached hydrogens (primary N) is 1. The van der Waals surface area contributed by atoms with Crippen LogP contribution in [0.5, 0.6) is 0 Å². The molecule has 2 aromatic rings. The molecule has 0 aliphatic carbocycles. The van der Waals surface area contributed by atoms with Crippen LogP contribution in [0.1, 0.15) is 44.5 Å². The molecule has 0 unspecified atom stereocenters. The molecule has 7 heteroatoms. The standard InChI is InChI=1S/C17H25N3OS.2ClH/c1-3-17(4-2,12-18)20-15(21)10-7-11-16-19-13-8-5-6-9-14(13)22-16;;/h5-6,8-9H,3-4,7,10-12,18H2,1-2H3,(H,20,21);2*1H. The van der Waals surface area contributed by atoms with Crippen molar-refractivity contribution >= 4 is 52.3 Å². The van der Waals surface area contributed by atoms with E-state index in [4.69, 9.17) is 5.73 Å². The summed E-state index contributed by atoms with van der Waals surface area (Å²) in [5.41, 5.74) is 6.62. The topological polar surface area (TPSA) is 68.0 Å². The first-order valence-corrected chi connectivity index (χ1v) is 8.79. The number of hydrogen-bond donors (Lipinski definition) is 2. The van der Waals surface area contributed by atoms with Crippen LogP contribution in [-0.2, 0) is 11.2 Å². The lowest BCUT2D eigenvalue weighted by atomic mass is 9.92. The van der Waals surface area contributed by atoms with Crippen molar-refractivity contribution < 1.29 is 4.79 Å². The van der Waals surface area contributed by atoms with Crippen LogP contribution in [-0.4, -0.2) is 23.0 Å². The first kappa shape index (κ1) is 23.1. The van der Waals surface area contributed by atoms with Gasteiger partial charge >= 0.3 is 0 Å². The molecule has 4 nitrogen and oxygen atoms in total. The van der Waals surface area contributed by atoms with Crippen LogP contribution >= 0.6 is 36.2 Å². The van der Waals surface area contributed by atoms with E-state index in [9.17, 15) is 4.79 Å². The number of carbonyl (C=O) groups is 1. The van der Waals surface area contributed by atoms with Crippen LogP contribution in [0.15, 0.2) is 24.3 Å². The third-order valence-corrected chi connectivity index (χ3v) is 5.38. The molecule has 136 valence electrons. The van der Waals surface area contributed by atoms with Gasteiger partial charge in [-0.25, -0.2) is 4.98 Å². The highest BCUT2D eigenvalue weighted by Gasteiger charge is 2.25. The third-order valence-electron chi connectivity index (χ3n) is 4.28. The van der Waals surface area contributed by atoms with Gasteiger partial charge in [0.2, 0.25) is 5.91 Å². The molecule has 0 atom stereocenters. The fourth-order valence-electron chi connectivity index (χ4n) is 2.55. The fourth-order valence-corrected chi connectivity index (χ4v) is 3.56. The first-order chi connectivity index (χ1) is 10.6. The molecule has 3 N–H and O–H groups in total. The van der Waals surface area contributed by atoms with E-state index in [0.29, 0.717) is 13.0 Å². The van der Waals surface area contributed by atoms with Crippen molar-refractivity contribution in [3.8, 4) is 0 Å². The normalized spacial score (nSPS) is 10.8. The summed E-state index contributed by atoms with van der Waals surface area (Å²) in [5.74, 6) is 0.0928. The van der Waals surface area contributed by atoms with E-state index >= 15 is 0 Å². The minimum absolute atomic E-state index is 0. The molecule has 0 bridgehead atoms. The first-order valence-electron chi connectivity index (χ1n) is 7.98. The number of fused-ring (bicyclic) bond motifs is 1. The predicted octanol–water partition coefficient (Wildman–Crippen LogP) is 4.10. The van der Waals surface area contributed by atoms with Crippen LogP contribution in [0.25, 0.3) is 10.2 Å². The van der Waals surface area contributed by atoms with Crippen LogP contribution in [0.3, 0.4) is 0 Å². The number of hydrogen-bond acceptors (Lipinski definition) is 4. The van der Waals surface area contributed by atoms with E-state index in [0.717, 1.165) is 36.2 Å². The lowest BCUT2D eigenvalue weighted by Crippen LogP contribution is -2.52. The molecule has 1 aromatic carbocycles. The van der Waals surface area contributed by atoms with Gasteiger partial charge in [-0.15, -0.1) is 36.2 Å². The number of nitrogens with one attached hydrogen (secondary N) is 1. The summed E-state index contributed by atoms with van der Waals surface area (Å²) in [7, 11) is 0. The Labute approximate surface area is 160 Å². The summed E-state index contributed by atoms with van der Waals surface area (Å²) < 4.78 is 1.21. The molecular formula is C17H27Cl2N3OS. The summed E-state index contributed by atoms with van der Waals surface area (Å²) in [6.07, 6.45) is 3.92.